The Morgan fingerprint density at radius 3 is 2.35 bits per heavy atom. The Labute approximate surface area is 119 Å². The van der Waals surface area contributed by atoms with Gasteiger partial charge in [-0.1, -0.05) is 12.1 Å². The summed E-state index contributed by atoms with van der Waals surface area (Å²) in [6.07, 6.45) is 0.225. The Hall–Kier alpha value is -2.04. The van der Waals surface area contributed by atoms with Gasteiger partial charge in [0.2, 0.25) is 11.8 Å². The van der Waals surface area contributed by atoms with Crippen LogP contribution in [0.4, 0.5) is 0 Å². The number of aromatic hydroxyl groups is 1. The highest BCUT2D eigenvalue weighted by Gasteiger charge is 2.16. The molecule has 0 atom stereocenters. The van der Waals surface area contributed by atoms with Gasteiger partial charge in [-0.25, -0.2) is 0 Å². The second-order valence-corrected chi connectivity index (χ2v) is 4.97. The van der Waals surface area contributed by atoms with E-state index in [9.17, 15) is 14.7 Å². The fraction of sp³-hybridized carbons (Fsp3) is 0.467. The molecule has 0 bridgehead atoms. The van der Waals surface area contributed by atoms with Crippen LogP contribution >= 0.6 is 0 Å². The van der Waals surface area contributed by atoms with Crippen LogP contribution in [-0.4, -0.2) is 41.0 Å². The number of amides is 2. The molecule has 0 radical (unpaired) electrons. The van der Waals surface area contributed by atoms with Crippen molar-refractivity contribution in [3.05, 3.63) is 29.8 Å². The van der Waals surface area contributed by atoms with Crippen LogP contribution in [0.25, 0.3) is 0 Å². The van der Waals surface area contributed by atoms with Crippen molar-refractivity contribution in [1.29, 1.82) is 0 Å². The van der Waals surface area contributed by atoms with Crippen LogP contribution < -0.4 is 5.32 Å². The molecule has 0 aliphatic heterocycles. The van der Waals surface area contributed by atoms with E-state index in [4.69, 9.17) is 0 Å². The molecular formula is C15H22N2O3. The zero-order valence-corrected chi connectivity index (χ0v) is 12.2. The van der Waals surface area contributed by atoms with Crippen molar-refractivity contribution in [1.82, 2.24) is 10.2 Å². The molecule has 0 fully saturated rings. The molecule has 1 rings (SSSR count). The van der Waals surface area contributed by atoms with Gasteiger partial charge >= 0.3 is 0 Å². The van der Waals surface area contributed by atoms with Gasteiger partial charge in [0, 0.05) is 12.6 Å². The second-order valence-electron chi connectivity index (χ2n) is 4.97. The molecule has 5 nitrogen and oxygen atoms in total. The second kappa shape index (κ2) is 7.53. The minimum atomic E-state index is -0.152. The summed E-state index contributed by atoms with van der Waals surface area (Å²) in [5.74, 6) is -0.0807. The third kappa shape index (κ3) is 5.30. The Morgan fingerprint density at radius 1 is 1.25 bits per heavy atom. The molecule has 0 saturated carbocycles. The van der Waals surface area contributed by atoms with Gasteiger partial charge in [-0.15, -0.1) is 0 Å². The molecule has 2 amide bonds. The van der Waals surface area contributed by atoms with Crippen LogP contribution in [-0.2, 0) is 16.0 Å². The van der Waals surface area contributed by atoms with Gasteiger partial charge in [-0.2, -0.15) is 0 Å². The monoisotopic (exact) mass is 278 g/mol. The van der Waals surface area contributed by atoms with Crippen LogP contribution in [0.5, 0.6) is 5.75 Å². The summed E-state index contributed by atoms with van der Waals surface area (Å²) in [6, 6.07) is 6.56. The van der Waals surface area contributed by atoms with E-state index in [2.05, 4.69) is 5.32 Å². The van der Waals surface area contributed by atoms with Crippen LogP contribution in [0.1, 0.15) is 26.3 Å². The summed E-state index contributed by atoms with van der Waals surface area (Å²) in [6.45, 7) is 6.17. The van der Waals surface area contributed by atoms with Crippen molar-refractivity contribution in [2.24, 2.45) is 0 Å². The van der Waals surface area contributed by atoms with E-state index in [0.29, 0.717) is 6.54 Å². The van der Waals surface area contributed by atoms with Gasteiger partial charge in [-0.3, -0.25) is 9.59 Å². The molecule has 20 heavy (non-hydrogen) atoms. The maximum absolute atomic E-state index is 12.1. The lowest BCUT2D eigenvalue weighted by molar-refractivity contribution is -0.135. The van der Waals surface area contributed by atoms with Crippen molar-refractivity contribution >= 4 is 11.8 Å². The van der Waals surface area contributed by atoms with E-state index in [0.717, 1.165) is 5.56 Å². The number of carbonyl (C=O) groups excluding carboxylic acids is 2. The van der Waals surface area contributed by atoms with Gasteiger partial charge in [0.1, 0.15) is 5.75 Å². The number of benzene rings is 1. The molecule has 0 spiro atoms. The average molecular weight is 278 g/mol. The van der Waals surface area contributed by atoms with Crippen molar-refractivity contribution in [3.8, 4) is 5.75 Å². The summed E-state index contributed by atoms with van der Waals surface area (Å²) in [5, 5.41) is 12.0. The minimum Gasteiger partial charge on any atom is -0.508 e. The summed E-state index contributed by atoms with van der Waals surface area (Å²) < 4.78 is 0. The van der Waals surface area contributed by atoms with Crippen LogP contribution in [0, 0.1) is 0 Å². The Balaban J connectivity index is 2.58. The fourth-order valence-corrected chi connectivity index (χ4v) is 1.82. The van der Waals surface area contributed by atoms with Gasteiger partial charge in [0.05, 0.1) is 13.0 Å². The lowest BCUT2D eigenvalue weighted by atomic mass is 10.1. The third-order valence-electron chi connectivity index (χ3n) is 2.81. The summed E-state index contributed by atoms with van der Waals surface area (Å²) >= 11 is 0. The van der Waals surface area contributed by atoms with E-state index < -0.39 is 0 Å². The van der Waals surface area contributed by atoms with Gasteiger partial charge in [-0.05, 0) is 38.5 Å². The first-order valence-corrected chi connectivity index (χ1v) is 6.77. The maximum atomic E-state index is 12.1. The lowest BCUT2D eigenvalue weighted by Gasteiger charge is -2.21. The van der Waals surface area contributed by atoms with Gasteiger partial charge in [0.15, 0.2) is 0 Å². The third-order valence-corrected chi connectivity index (χ3v) is 2.81. The molecule has 0 saturated heterocycles. The summed E-state index contributed by atoms with van der Waals surface area (Å²) in [4.78, 5) is 25.3. The van der Waals surface area contributed by atoms with Crippen LogP contribution in [0.3, 0.4) is 0 Å². The molecular weight excluding hydrogens is 256 g/mol. The summed E-state index contributed by atoms with van der Waals surface area (Å²) in [5.41, 5.74) is 0.815. The van der Waals surface area contributed by atoms with E-state index in [-0.39, 0.29) is 36.6 Å². The summed E-state index contributed by atoms with van der Waals surface area (Å²) in [7, 11) is 0. The Bertz CT molecular complexity index is 455. The molecule has 0 aliphatic rings. The van der Waals surface area contributed by atoms with E-state index in [1.165, 1.54) is 4.90 Å². The number of nitrogens with one attached hydrogen (secondary N) is 1. The van der Waals surface area contributed by atoms with Gasteiger partial charge in [0.25, 0.3) is 0 Å². The maximum Gasteiger partial charge on any atom is 0.239 e. The number of hydrogen-bond acceptors (Lipinski definition) is 3. The molecule has 5 heteroatoms. The highest BCUT2D eigenvalue weighted by molar-refractivity contribution is 5.85. The normalized spacial score (nSPS) is 10.4. The Morgan fingerprint density at radius 2 is 1.85 bits per heavy atom. The topological polar surface area (TPSA) is 69.6 Å². The largest absolute Gasteiger partial charge is 0.508 e. The van der Waals surface area contributed by atoms with Crippen LogP contribution in [0.2, 0.25) is 0 Å². The number of phenolic OH excluding ortho intramolecular Hbond substituents is 1. The number of phenols is 1. The number of hydrogen-bond donors (Lipinski definition) is 2. The molecule has 0 unspecified atom stereocenters. The molecule has 1 aromatic carbocycles. The van der Waals surface area contributed by atoms with Crippen molar-refractivity contribution in [2.75, 3.05) is 13.1 Å². The quantitative estimate of drug-likeness (QED) is 0.824. The molecule has 0 aromatic heterocycles. The van der Waals surface area contributed by atoms with Crippen molar-refractivity contribution in [3.63, 3.8) is 0 Å². The number of rotatable bonds is 6. The molecule has 110 valence electrons. The number of likely N-dealkylation sites (N-methyl/N-ethyl adjacent to an activating group) is 1. The van der Waals surface area contributed by atoms with E-state index >= 15 is 0 Å². The molecule has 2 N–H and O–H groups in total. The van der Waals surface area contributed by atoms with Crippen molar-refractivity contribution < 1.29 is 14.7 Å². The Kier molecular flexibility index (Phi) is 6.03. The molecule has 0 aliphatic carbocycles. The first kappa shape index (κ1) is 16.0. The standard InChI is InChI=1S/C15H22N2O3/c1-4-17(10-14(19)16-11(2)3)15(20)9-12-5-7-13(18)8-6-12/h5-8,11,18H,4,9-10H2,1-3H3,(H,16,19). The molecule has 0 heterocycles. The predicted octanol–water partition coefficient (Wildman–Crippen LogP) is 1.31. The zero-order chi connectivity index (χ0) is 15.1. The smallest absolute Gasteiger partial charge is 0.239 e. The first-order chi connectivity index (χ1) is 9.42. The van der Waals surface area contributed by atoms with E-state index in [1.54, 1.807) is 24.3 Å². The first-order valence-electron chi connectivity index (χ1n) is 6.77. The fourth-order valence-electron chi connectivity index (χ4n) is 1.82. The highest BCUT2D eigenvalue weighted by Crippen LogP contribution is 2.11. The zero-order valence-electron chi connectivity index (χ0n) is 12.2. The minimum absolute atomic E-state index is 0.0633. The van der Waals surface area contributed by atoms with E-state index in [1.807, 2.05) is 20.8 Å². The average Bonchev–Trinajstić information content (AvgIpc) is 2.37. The van der Waals surface area contributed by atoms with Crippen LogP contribution in [0.15, 0.2) is 24.3 Å². The van der Waals surface area contributed by atoms with Gasteiger partial charge < -0.3 is 15.3 Å². The lowest BCUT2D eigenvalue weighted by Crippen LogP contribution is -2.43. The number of nitrogens with zero attached hydrogens (tertiary/aromatic N) is 1. The SMILES string of the molecule is CCN(CC(=O)NC(C)C)C(=O)Cc1ccc(O)cc1. The number of carbonyl (C=O) groups is 2. The molecule has 1 aromatic rings. The highest BCUT2D eigenvalue weighted by atomic mass is 16.3. The predicted molar refractivity (Wildman–Crippen MR) is 77.3 cm³/mol. The van der Waals surface area contributed by atoms with Crippen molar-refractivity contribution in [2.45, 2.75) is 33.2 Å².